The summed E-state index contributed by atoms with van der Waals surface area (Å²) in [5.74, 6) is 0.707. The van der Waals surface area contributed by atoms with E-state index >= 15 is 0 Å². The third kappa shape index (κ3) is 4.33. The molecule has 2 heteroatoms. The van der Waals surface area contributed by atoms with Crippen molar-refractivity contribution in [3.63, 3.8) is 0 Å². The lowest BCUT2D eigenvalue weighted by Gasteiger charge is -2.26. The van der Waals surface area contributed by atoms with E-state index in [-0.39, 0.29) is 10.8 Å². The van der Waals surface area contributed by atoms with Crippen LogP contribution in [0.5, 0.6) is 0 Å². The molecule has 1 atom stereocenters. The minimum atomic E-state index is -0.919. The van der Waals surface area contributed by atoms with Gasteiger partial charge < -0.3 is 4.55 Å². The van der Waals surface area contributed by atoms with E-state index in [0.717, 1.165) is 4.90 Å². The van der Waals surface area contributed by atoms with Crippen LogP contribution in [-0.2, 0) is 16.6 Å². The predicted molar refractivity (Wildman–Crippen MR) is 80.6 cm³/mol. The van der Waals surface area contributed by atoms with Gasteiger partial charge in [0, 0.05) is 11.0 Å². The zero-order valence-corrected chi connectivity index (χ0v) is 13.6. The molecule has 0 heterocycles. The summed E-state index contributed by atoms with van der Waals surface area (Å²) in [6.07, 6.45) is 0. The van der Waals surface area contributed by atoms with Gasteiger partial charge in [-0.15, -0.1) is 0 Å². The highest BCUT2D eigenvalue weighted by atomic mass is 32.2. The molecule has 18 heavy (non-hydrogen) atoms. The lowest BCUT2D eigenvalue weighted by atomic mass is 9.86. The van der Waals surface area contributed by atoms with Gasteiger partial charge in [0.1, 0.15) is 5.75 Å². The molecule has 0 radical (unpaired) electrons. The largest absolute Gasteiger partial charge is 0.611 e. The zero-order valence-electron chi connectivity index (χ0n) is 12.8. The molecule has 1 aromatic rings. The molecule has 102 valence electrons. The summed E-state index contributed by atoms with van der Waals surface area (Å²) in [4.78, 5) is 1.00. The van der Waals surface area contributed by atoms with Gasteiger partial charge in [0.25, 0.3) is 0 Å². The molecule has 0 aromatic heterocycles. The van der Waals surface area contributed by atoms with Crippen molar-refractivity contribution in [2.75, 3.05) is 5.75 Å². The van der Waals surface area contributed by atoms with Gasteiger partial charge in [0.15, 0.2) is 4.90 Å². The van der Waals surface area contributed by atoms with E-state index < -0.39 is 11.2 Å². The van der Waals surface area contributed by atoms with E-state index in [1.165, 1.54) is 11.1 Å². The minimum absolute atomic E-state index is 0.0366. The second-order valence-corrected chi connectivity index (χ2v) is 8.72. The molecule has 0 aliphatic carbocycles. The van der Waals surface area contributed by atoms with Crippen molar-refractivity contribution in [3.8, 4) is 0 Å². The average Bonchev–Trinajstić information content (AvgIpc) is 2.13. The lowest BCUT2D eigenvalue weighted by Crippen LogP contribution is -2.24. The van der Waals surface area contributed by atoms with E-state index in [0.29, 0.717) is 5.75 Å². The quantitative estimate of drug-likeness (QED) is 0.725. The molecule has 0 amide bonds. The maximum atomic E-state index is 12.6. The van der Waals surface area contributed by atoms with Crippen LogP contribution in [0.2, 0.25) is 0 Å². The molecule has 0 bridgehead atoms. The molecule has 0 fully saturated rings. The highest BCUT2D eigenvalue weighted by molar-refractivity contribution is 7.91. The first-order valence-corrected chi connectivity index (χ1v) is 7.82. The Bertz CT molecular complexity index is 410. The van der Waals surface area contributed by atoms with Crippen LogP contribution in [0.25, 0.3) is 0 Å². The number of hydrogen-bond donors (Lipinski definition) is 0. The highest BCUT2D eigenvalue weighted by Gasteiger charge is 2.28. The Balaban J connectivity index is 3.16. The van der Waals surface area contributed by atoms with Crippen molar-refractivity contribution in [3.05, 3.63) is 29.3 Å². The van der Waals surface area contributed by atoms with Gasteiger partial charge in [-0.25, -0.2) is 0 Å². The standard InChI is InChI=1S/C16H26OS/c1-12-8-9-14(13(10-12)16(5,6)7)18(17)11-15(2,3)4/h8-10H,11H2,1-7H3. The Morgan fingerprint density at radius 2 is 1.61 bits per heavy atom. The van der Waals surface area contributed by atoms with Crippen LogP contribution in [-0.4, -0.2) is 10.3 Å². The van der Waals surface area contributed by atoms with Crippen molar-refractivity contribution >= 4 is 11.2 Å². The molecule has 0 N–H and O–H groups in total. The van der Waals surface area contributed by atoms with Gasteiger partial charge >= 0.3 is 0 Å². The van der Waals surface area contributed by atoms with Gasteiger partial charge in [-0.2, -0.15) is 0 Å². The van der Waals surface area contributed by atoms with Gasteiger partial charge in [0.2, 0.25) is 0 Å². The predicted octanol–water partition coefficient (Wildman–Crippen LogP) is 4.45. The van der Waals surface area contributed by atoms with E-state index in [9.17, 15) is 4.55 Å². The van der Waals surface area contributed by atoms with Gasteiger partial charge in [-0.1, -0.05) is 59.2 Å². The molecule has 1 aromatic carbocycles. The summed E-state index contributed by atoms with van der Waals surface area (Å²) in [5, 5.41) is 0. The third-order valence-electron chi connectivity index (χ3n) is 2.75. The van der Waals surface area contributed by atoms with Crippen LogP contribution in [0.1, 0.15) is 52.7 Å². The smallest absolute Gasteiger partial charge is 0.156 e. The van der Waals surface area contributed by atoms with Crippen molar-refractivity contribution in [1.29, 1.82) is 0 Å². The second-order valence-electron chi connectivity index (χ2n) is 7.30. The van der Waals surface area contributed by atoms with E-state index in [2.05, 4.69) is 60.6 Å². The Morgan fingerprint density at radius 3 is 2.06 bits per heavy atom. The van der Waals surface area contributed by atoms with Crippen LogP contribution in [0.4, 0.5) is 0 Å². The molecule has 1 unspecified atom stereocenters. The number of hydrogen-bond acceptors (Lipinski definition) is 1. The molecule has 0 saturated carbocycles. The highest BCUT2D eigenvalue weighted by Crippen LogP contribution is 2.32. The third-order valence-corrected chi connectivity index (χ3v) is 4.73. The van der Waals surface area contributed by atoms with Crippen molar-refractivity contribution in [2.24, 2.45) is 5.41 Å². The fraction of sp³-hybridized carbons (Fsp3) is 0.625. The van der Waals surface area contributed by atoms with Crippen molar-refractivity contribution < 1.29 is 4.55 Å². The summed E-state index contributed by atoms with van der Waals surface area (Å²) >= 11 is -0.919. The lowest BCUT2D eigenvalue weighted by molar-refractivity contribution is 0.460. The van der Waals surface area contributed by atoms with Crippen LogP contribution in [0.15, 0.2) is 23.1 Å². The number of rotatable bonds is 2. The summed E-state index contributed by atoms with van der Waals surface area (Å²) < 4.78 is 12.6. The first-order valence-electron chi connectivity index (χ1n) is 6.50. The monoisotopic (exact) mass is 266 g/mol. The summed E-state index contributed by atoms with van der Waals surface area (Å²) in [6, 6.07) is 6.28. The van der Waals surface area contributed by atoms with Crippen molar-refractivity contribution in [1.82, 2.24) is 0 Å². The molecular weight excluding hydrogens is 240 g/mol. The van der Waals surface area contributed by atoms with Gasteiger partial charge in [-0.3, -0.25) is 0 Å². The zero-order chi connectivity index (χ0) is 14.1. The topological polar surface area (TPSA) is 23.1 Å². The van der Waals surface area contributed by atoms with Crippen LogP contribution in [0.3, 0.4) is 0 Å². The Morgan fingerprint density at radius 1 is 1.06 bits per heavy atom. The number of benzene rings is 1. The van der Waals surface area contributed by atoms with E-state index in [1.807, 2.05) is 6.07 Å². The van der Waals surface area contributed by atoms with Crippen LogP contribution >= 0.6 is 0 Å². The molecule has 1 nitrogen and oxygen atoms in total. The second kappa shape index (κ2) is 5.26. The van der Waals surface area contributed by atoms with E-state index in [4.69, 9.17) is 0 Å². The van der Waals surface area contributed by atoms with Gasteiger partial charge in [-0.05, 0) is 29.6 Å². The van der Waals surface area contributed by atoms with Crippen molar-refractivity contribution in [2.45, 2.75) is 58.8 Å². The molecule has 1 rings (SSSR count). The van der Waals surface area contributed by atoms with Gasteiger partial charge in [0.05, 0.1) is 0 Å². The normalized spacial score (nSPS) is 14.7. The van der Waals surface area contributed by atoms with Crippen LogP contribution in [0, 0.1) is 12.3 Å². The fourth-order valence-electron chi connectivity index (χ4n) is 1.90. The Hall–Kier alpha value is -0.470. The Labute approximate surface area is 115 Å². The number of aryl methyl sites for hydroxylation is 1. The average molecular weight is 266 g/mol. The van der Waals surface area contributed by atoms with E-state index in [1.54, 1.807) is 0 Å². The molecule has 0 spiro atoms. The molecule has 0 aliphatic heterocycles. The Kier molecular flexibility index (Phi) is 4.56. The summed E-state index contributed by atoms with van der Waals surface area (Å²) in [6.45, 7) is 15.0. The summed E-state index contributed by atoms with van der Waals surface area (Å²) in [7, 11) is 0. The molecular formula is C16H26OS. The molecule has 0 saturated heterocycles. The summed E-state index contributed by atoms with van der Waals surface area (Å²) in [5.41, 5.74) is 2.57. The maximum Gasteiger partial charge on any atom is 0.156 e. The SMILES string of the molecule is Cc1ccc([S+]([O-])CC(C)(C)C)c(C(C)(C)C)c1. The maximum absolute atomic E-state index is 12.6. The van der Waals surface area contributed by atoms with Crippen LogP contribution < -0.4 is 0 Å². The first-order chi connectivity index (χ1) is 8.00. The molecule has 0 aliphatic rings. The minimum Gasteiger partial charge on any atom is -0.611 e. The first kappa shape index (κ1) is 15.6. The fourth-order valence-corrected chi connectivity index (χ4v) is 3.67.